The minimum Gasteiger partial charge on any atom is -0.208 e. The van der Waals surface area contributed by atoms with E-state index in [9.17, 15) is 0 Å². The van der Waals surface area contributed by atoms with Gasteiger partial charge in [-0.15, -0.1) is 34.0 Å². The number of aromatic nitrogens is 3. The molecule has 0 aliphatic rings. The number of benzene rings is 7. The van der Waals surface area contributed by atoms with Gasteiger partial charge in [-0.05, 0) is 24.3 Å². The van der Waals surface area contributed by atoms with E-state index in [-0.39, 0.29) is 0 Å². The summed E-state index contributed by atoms with van der Waals surface area (Å²) in [6.07, 6.45) is 0. The number of nitrogens with zero attached hydrogens (tertiary/aromatic N) is 3. The summed E-state index contributed by atoms with van der Waals surface area (Å²) in [5.74, 6) is 2.02. The zero-order valence-corrected chi connectivity index (χ0v) is 29.4. The van der Waals surface area contributed by atoms with Crippen LogP contribution in [-0.4, -0.2) is 15.0 Å². The fourth-order valence-corrected chi connectivity index (χ4v) is 11.0. The van der Waals surface area contributed by atoms with E-state index in [2.05, 4.69) is 133 Å². The molecule has 51 heavy (non-hydrogen) atoms. The molecular weight excluding hydrogens is 679 g/mol. The highest BCUT2D eigenvalue weighted by atomic mass is 32.1. The lowest BCUT2D eigenvalue weighted by atomic mass is 10.0. The van der Waals surface area contributed by atoms with Gasteiger partial charge >= 0.3 is 0 Å². The molecule has 7 aromatic carbocycles. The standard InChI is InChI=1S/C45H25N3S3/c1-2-11-26(12-3-1)43-46-44(48-45(47-43)35-19-10-22-38-40(35)34-14-5-7-21-37(34)49-38)27-23-24-29-31-16-9-18-33(42(31)51-39(29)25-27)32-17-8-15-30-28-13-4-6-20-36(28)50-41(30)32/h1-25H. The third-order valence-corrected chi connectivity index (χ3v) is 13.3. The number of fused-ring (bicyclic) bond motifs is 9. The van der Waals surface area contributed by atoms with E-state index >= 15 is 0 Å². The van der Waals surface area contributed by atoms with Crippen LogP contribution in [-0.2, 0) is 0 Å². The van der Waals surface area contributed by atoms with Gasteiger partial charge < -0.3 is 0 Å². The van der Waals surface area contributed by atoms with E-state index in [1.54, 1.807) is 11.3 Å². The Hall–Kier alpha value is -5.79. The van der Waals surface area contributed by atoms with Crippen molar-refractivity contribution < 1.29 is 0 Å². The van der Waals surface area contributed by atoms with E-state index in [1.807, 2.05) is 40.9 Å². The summed E-state index contributed by atoms with van der Waals surface area (Å²) >= 11 is 5.54. The van der Waals surface area contributed by atoms with Crippen molar-refractivity contribution in [1.82, 2.24) is 15.0 Å². The molecule has 0 saturated heterocycles. The van der Waals surface area contributed by atoms with Gasteiger partial charge in [-0.1, -0.05) is 127 Å². The quantitative estimate of drug-likeness (QED) is 0.183. The van der Waals surface area contributed by atoms with Crippen molar-refractivity contribution in [3.63, 3.8) is 0 Å². The van der Waals surface area contributed by atoms with Gasteiger partial charge in [-0.3, -0.25) is 0 Å². The Labute approximate surface area is 304 Å². The van der Waals surface area contributed by atoms with Crippen LogP contribution in [0.1, 0.15) is 0 Å². The largest absolute Gasteiger partial charge is 0.208 e. The molecule has 0 atom stereocenters. The first kappa shape index (κ1) is 29.0. The summed E-state index contributed by atoms with van der Waals surface area (Å²) in [6.45, 7) is 0. The van der Waals surface area contributed by atoms with Crippen LogP contribution in [0.5, 0.6) is 0 Å². The van der Waals surface area contributed by atoms with Gasteiger partial charge in [-0.25, -0.2) is 15.0 Å². The summed E-state index contributed by atoms with van der Waals surface area (Å²) in [5, 5.41) is 7.58. The van der Waals surface area contributed by atoms with E-state index < -0.39 is 0 Å². The molecule has 4 heterocycles. The van der Waals surface area contributed by atoms with Crippen molar-refractivity contribution in [3.8, 4) is 45.3 Å². The van der Waals surface area contributed by atoms with E-state index in [0.717, 1.165) is 16.7 Å². The van der Waals surface area contributed by atoms with Crippen LogP contribution in [0, 0.1) is 0 Å². The maximum Gasteiger partial charge on any atom is 0.164 e. The lowest BCUT2D eigenvalue weighted by Crippen LogP contribution is -2.00. The highest BCUT2D eigenvalue weighted by Crippen LogP contribution is 2.46. The molecule has 4 aromatic heterocycles. The van der Waals surface area contributed by atoms with E-state index in [0.29, 0.717) is 17.5 Å². The normalized spacial score (nSPS) is 11.9. The molecule has 0 aliphatic heterocycles. The number of rotatable bonds is 4. The van der Waals surface area contributed by atoms with Crippen molar-refractivity contribution in [1.29, 1.82) is 0 Å². The lowest BCUT2D eigenvalue weighted by Gasteiger charge is -2.09. The molecular formula is C45H25N3S3. The van der Waals surface area contributed by atoms with Gasteiger partial charge in [0.15, 0.2) is 17.5 Å². The first-order chi connectivity index (χ1) is 25.3. The molecule has 11 aromatic rings. The smallest absolute Gasteiger partial charge is 0.164 e. The fourth-order valence-electron chi connectivity index (χ4n) is 7.41. The molecule has 0 unspecified atom stereocenters. The molecule has 11 rings (SSSR count). The Bertz CT molecular complexity index is 3150. The second kappa shape index (κ2) is 11.4. The summed E-state index contributed by atoms with van der Waals surface area (Å²) in [4.78, 5) is 15.4. The van der Waals surface area contributed by atoms with Gasteiger partial charge in [0, 0.05) is 88.3 Å². The Morgan fingerprint density at radius 2 is 0.843 bits per heavy atom. The van der Waals surface area contributed by atoms with Crippen molar-refractivity contribution in [2.45, 2.75) is 0 Å². The van der Waals surface area contributed by atoms with Crippen LogP contribution >= 0.6 is 34.0 Å². The summed E-state index contributed by atoms with van der Waals surface area (Å²) < 4.78 is 7.66. The second-order valence-corrected chi connectivity index (χ2v) is 15.9. The van der Waals surface area contributed by atoms with Crippen LogP contribution < -0.4 is 0 Å². The second-order valence-electron chi connectivity index (χ2n) is 12.7. The first-order valence-corrected chi connectivity index (χ1v) is 19.3. The molecule has 6 heteroatoms. The van der Waals surface area contributed by atoms with Crippen LogP contribution in [0.25, 0.3) is 106 Å². The molecule has 0 N–H and O–H groups in total. The molecule has 0 spiro atoms. The fraction of sp³-hybridized carbons (Fsp3) is 0. The highest BCUT2D eigenvalue weighted by molar-refractivity contribution is 7.27. The number of hydrogen-bond donors (Lipinski definition) is 0. The van der Waals surface area contributed by atoms with Crippen molar-refractivity contribution in [2.24, 2.45) is 0 Å². The van der Waals surface area contributed by atoms with Crippen molar-refractivity contribution in [2.75, 3.05) is 0 Å². The third-order valence-electron chi connectivity index (χ3n) is 9.76. The molecule has 3 nitrogen and oxygen atoms in total. The average molecular weight is 704 g/mol. The van der Waals surface area contributed by atoms with Gasteiger partial charge in [0.05, 0.1) is 0 Å². The van der Waals surface area contributed by atoms with Crippen molar-refractivity contribution >= 4 is 94.5 Å². The third kappa shape index (κ3) is 4.58. The summed E-state index contributed by atoms with van der Waals surface area (Å²) in [7, 11) is 0. The molecule has 238 valence electrons. The van der Waals surface area contributed by atoms with Gasteiger partial charge in [0.25, 0.3) is 0 Å². The number of hydrogen-bond acceptors (Lipinski definition) is 6. The topological polar surface area (TPSA) is 38.7 Å². The predicted molar refractivity (Wildman–Crippen MR) is 220 cm³/mol. The molecule has 0 bridgehead atoms. The zero-order chi connectivity index (χ0) is 33.5. The van der Waals surface area contributed by atoms with E-state index in [1.165, 1.54) is 71.6 Å². The maximum atomic E-state index is 5.21. The Balaban J connectivity index is 1.11. The first-order valence-electron chi connectivity index (χ1n) is 16.9. The molecule has 0 amide bonds. The summed E-state index contributed by atoms with van der Waals surface area (Å²) in [5.41, 5.74) is 5.53. The van der Waals surface area contributed by atoms with Crippen LogP contribution in [0.4, 0.5) is 0 Å². The minimum absolute atomic E-state index is 0.669. The Morgan fingerprint density at radius 1 is 0.314 bits per heavy atom. The highest BCUT2D eigenvalue weighted by Gasteiger charge is 2.19. The van der Waals surface area contributed by atoms with Gasteiger partial charge in [0.2, 0.25) is 0 Å². The minimum atomic E-state index is 0.669. The molecule has 0 radical (unpaired) electrons. The average Bonchev–Trinajstić information content (AvgIpc) is 3.89. The zero-order valence-electron chi connectivity index (χ0n) is 27.0. The molecule has 0 saturated carbocycles. The lowest BCUT2D eigenvalue weighted by molar-refractivity contribution is 1.08. The number of thiophene rings is 3. The van der Waals surface area contributed by atoms with Crippen molar-refractivity contribution in [3.05, 3.63) is 152 Å². The van der Waals surface area contributed by atoms with Crippen LogP contribution in [0.2, 0.25) is 0 Å². The van der Waals surface area contributed by atoms with Gasteiger partial charge in [0.1, 0.15) is 0 Å². The Morgan fingerprint density at radius 3 is 1.61 bits per heavy atom. The van der Waals surface area contributed by atoms with Crippen LogP contribution in [0.15, 0.2) is 152 Å². The predicted octanol–water partition coefficient (Wildman–Crippen LogP) is 13.6. The Kier molecular flexibility index (Phi) is 6.46. The van der Waals surface area contributed by atoms with Gasteiger partial charge in [-0.2, -0.15) is 0 Å². The molecule has 0 fully saturated rings. The SMILES string of the molecule is c1ccc(-c2nc(-c3ccc4c(c3)sc3c(-c5cccc6c5sc5ccccc56)cccc34)nc(-c3cccc4sc5ccccc5c34)n2)cc1. The van der Waals surface area contributed by atoms with Crippen LogP contribution in [0.3, 0.4) is 0 Å². The van der Waals surface area contributed by atoms with E-state index in [4.69, 9.17) is 15.0 Å². The maximum absolute atomic E-state index is 5.21. The monoisotopic (exact) mass is 703 g/mol. The summed E-state index contributed by atoms with van der Waals surface area (Å²) in [6, 6.07) is 54.1. The molecule has 0 aliphatic carbocycles.